The fraction of sp³-hybridized carbons (Fsp3) is 0.0769. The summed E-state index contributed by atoms with van der Waals surface area (Å²) in [5.74, 6) is -0.559. The molecule has 8 nitrogen and oxygen atoms in total. The van der Waals surface area contributed by atoms with Crippen molar-refractivity contribution in [3.63, 3.8) is 0 Å². The van der Waals surface area contributed by atoms with E-state index in [9.17, 15) is 9.59 Å². The Morgan fingerprint density at radius 2 is 1.89 bits per heavy atom. The Kier molecular flexibility index (Phi) is 6.76. The third-order valence-corrected chi connectivity index (χ3v) is 6.49. The van der Waals surface area contributed by atoms with Crippen LogP contribution in [0.25, 0.3) is 33.5 Å². The largest absolute Gasteiger partial charge is 0.479 e. The molecule has 0 bridgehead atoms. The first-order valence-electron chi connectivity index (χ1n) is 10.9. The van der Waals surface area contributed by atoms with Gasteiger partial charge in [-0.15, -0.1) is 0 Å². The van der Waals surface area contributed by atoms with Gasteiger partial charge in [-0.05, 0) is 61.0 Å². The molecule has 0 aliphatic rings. The van der Waals surface area contributed by atoms with Crippen LogP contribution in [0.4, 0.5) is 0 Å². The zero-order chi connectivity index (χ0) is 26.3. The van der Waals surface area contributed by atoms with Crippen LogP contribution in [0.5, 0.6) is 5.75 Å². The summed E-state index contributed by atoms with van der Waals surface area (Å²) in [7, 11) is 0. The smallest absolute Gasteiger partial charge is 0.344 e. The lowest BCUT2D eigenvalue weighted by Crippen LogP contribution is -2.23. The van der Waals surface area contributed by atoms with Crippen LogP contribution in [0.1, 0.15) is 12.5 Å². The van der Waals surface area contributed by atoms with E-state index in [1.165, 1.54) is 25.3 Å². The molecule has 5 aromatic rings. The highest BCUT2D eigenvalue weighted by Crippen LogP contribution is 2.35. The van der Waals surface area contributed by atoms with Gasteiger partial charge in [-0.1, -0.05) is 51.3 Å². The molecule has 1 atom stereocenters. The summed E-state index contributed by atoms with van der Waals surface area (Å²) >= 11 is 16.0. The van der Waals surface area contributed by atoms with E-state index in [2.05, 4.69) is 26.0 Å². The number of fused-ring (bicyclic) bond motifs is 2. The summed E-state index contributed by atoms with van der Waals surface area (Å²) in [4.78, 5) is 29.2. The highest BCUT2D eigenvalue weighted by molar-refractivity contribution is 9.10. The molecule has 2 aromatic heterocycles. The predicted molar refractivity (Wildman–Crippen MR) is 146 cm³/mol. The lowest BCUT2D eigenvalue weighted by Gasteiger charge is -2.14. The van der Waals surface area contributed by atoms with Gasteiger partial charge in [-0.25, -0.2) is 9.78 Å². The molecular formula is C26H16BrCl2N3O5. The van der Waals surface area contributed by atoms with Gasteiger partial charge < -0.3 is 14.3 Å². The SMILES string of the molecule is C[C@H](Oc1c(Cl)cc(C=Nn2c(-c3cc4cc(Br)ccc4o3)nc3ccccc3c2=O)cc1Cl)C(=O)O. The molecule has 2 heterocycles. The molecule has 0 unspecified atom stereocenters. The third-order valence-electron chi connectivity index (χ3n) is 5.44. The highest BCUT2D eigenvalue weighted by Gasteiger charge is 2.19. The van der Waals surface area contributed by atoms with Gasteiger partial charge in [0.25, 0.3) is 5.56 Å². The van der Waals surface area contributed by atoms with Gasteiger partial charge in [0.15, 0.2) is 17.6 Å². The first-order chi connectivity index (χ1) is 17.7. The normalized spacial score (nSPS) is 12.4. The molecule has 0 spiro atoms. The van der Waals surface area contributed by atoms with E-state index >= 15 is 0 Å². The van der Waals surface area contributed by atoms with Crippen molar-refractivity contribution in [2.75, 3.05) is 0 Å². The number of hydrogen-bond acceptors (Lipinski definition) is 6. The lowest BCUT2D eigenvalue weighted by molar-refractivity contribution is -0.144. The second kappa shape index (κ2) is 10.0. The van der Waals surface area contributed by atoms with Gasteiger partial charge in [-0.2, -0.15) is 9.78 Å². The third kappa shape index (κ3) is 4.98. The summed E-state index contributed by atoms with van der Waals surface area (Å²) in [5, 5.41) is 14.9. The maximum atomic E-state index is 13.4. The first-order valence-corrected chi connectivity index (χ1v) is 12.4. The van der Waals surface area contributed by atoms with E-state index in [-0.39, 0.29) is 21.6 Å². The predicted octanol–water partition coefficient (Wildman–Crippen LogP) is 6.61. The molecule has 11 heteroatoms. The Hall–Kier alpha value is -3.66. The van der Waals surface area contributed by atoms with Crippen LogP contribution < -0.4 is 10.3 Å². The molecular weight excluding hydrogens is 585 g/mol. The Balaban J connectivity index is 1.62. The number of carbonyl (C=O) groups is 1. The summed E-state index contributed by atoms with van der Waals surface area (Å²) in [6, 6.07) is 17.3. The van der Waals surface area contributed by atoms with Crippen LogP contribution in [-0.2, 0) is 4.79 Å². The number of aromatic nitrogens is 2. The molecule has 3 aromatic carbocycles. The molecule has 0 aliphatic carbocycles. The van der Waals surface area contributed by atoms with Crippen molar-refractivity contribution < 1.29 is 19.1 Å². The number of aliphatic carboxylic acids is 1. The number of nitrogens with zero attached hydrogens (tertiary/aromatic N) is 3. The van der Waals surface area contributed by atoms with Crippen molar-refractivity contribution in [2.45, 2.75) is 13.0 Å². The van der Waals surface area contributed by atoms with Crippen molar-refractivity contribution in [2.24, 2.45) is 5.10 Å². The molecule has 0 aliphatic heterocycles. The fourth-order valence-electron chi connectivity index (χ4n) is 3.63. The average molecular weight is 601 g/mol. The minimum Gasteiger partial charge on any atom is -0.479 e. The van der Waals surface area contributed by atoms with Gasteiger partial charge in [0.1, 0.15) is 5.58 Å². The Morgan fingerprint density at radius 3 is 2.62 bits per heavy atom. The molecule has 37 heavy (non-hydrogen) atoms. The van der Waals surface area contributed by atoms with E-state index < -0.39 is 17.6 Å². The van der Waals surface area contributed by atoms with Crippen LogP contribution >= 0.6 is 39.1 Å². The number of furan rings is 1. The van der Waals surface area contributed by atoms with E-state index in [0.717, 1.165) is 14.5 Å². The quantitative estimate of drug-likeness (QED) is 0.220. The van der Waals surface area contributed by atoms with Crippen molar-refractivity contribution in [3.05, 3.63) is 91.1 Å². The zero-order valence-electron chi connectivity index (χ0n) is 19.0. The first kappa shape index (κ1) is 25.0. The van der Waals surface area contributed by atoms with E-state index in [1.54, 1.807) is 30.3 Å². The number of para-hydroxylation sites is 1. The second-order valence-electron chi connectivity index (χ2n) is 8.02. The van der Waals surface area contributed by atoms with Crippen molar-refractivity contribution in [1.82, 2.24) is 9.66 Å². The van der Waals surface area contributed by atoms with Crippen LogP contribution in [0.3, 0.4) is 0 Å². The average Bonchev–Trinajstić information content (AvgIpc) is 3.28. The Bertz CT molecular complexity index is 1760. The lowest BCUT2D eigenvalue weighted by atomic mass is 10.2. The number of halogens is 3. The van der Waals surface area contributed by atoms with Crippen molar-refractivity contribution in [1.29, 1.82) is 0 Å². The maximum Gasteiger partial charge on any atom is 0.344 e. The summed E-state index contributed by atoms with van der Waals surface area (Å²) in [5.41, 5.74) is 1.17. The van der Waals surface area contributed by atoms with Crippen LogP contribution in [-0.4, -0.2) is 33.1 Å². The van der Waals surface area contributed by atoms with Crippen LogP contribution in [0, 0.1) is 0 Å². The molecule has 0 radical (unpaired) electrons. The maximum absolute atomic E-state index is 13.4. The summed E-state index contributed by atoms with van der Waals surface area (Å²) in [6.07, 6.45) is 0.242. The van der Waals surface area contributed by atoms with Crippen LogP contribution in [0.2, 0.25) is 10.0 Å². The van der Waals surface area contributed by atoms with E-state index in [1.807, 2.05) is 18.2 Å². The van der Waals surface area contributed by atoms with E-state index in [4.69, 9.17) is 37.5 Å². The topological polar surface area (TPSA) is 107 Å². The molecule has 5 rings (SSSR count). The van der Waals surface area contributed by atoms with Gasteiger partial charge in [-0.3, -0.25) is 4.79 Å². The van der Waals surface area contributed by atoms with Gasteiger partial charge in [0, 0.05) is 9.86 Å². The molecule has 0 saturated carbocycles. The monoisotopic (exact) mass is 599 g/mol. The highest BCUT2D eigenvalue weighted by atomic mass is 79.9. The van der Waals surface area contributed by atoms with Crippen molar-refractivity contribution >= 4 is 73.2 Å². The number of ether oxygens (including phenoxy) is 1. The number of carboxylic acid groups (broad SMARTS) is 1. The summed E-state index contributed by atoms with van der Waals surface area (Å²) in [6.45, 7) is 1.36. The number of rotatable bonds is 6. The van der Waals surface area contributed by atoms with Crippen LogP contribution in [0.15, 0.2) is 79.4 Å². The molecule has 0 saturated heterocycles. The minimum atomic E-state index is -1.16. The van der Waals surface area contributed by atoms with E-state index in [0.29, 0.717) is 27.8 Å². The molecule has 0 fully saturated rings. The minimum absolute atomic E-state index is 0.0362. The van der Waals surface area contributed by atoms with Gasteiger partial charge >= 0.3 is 5.97 Å². The van der Waals surface area contributed by atoms with Gasteiger partial charge in [0.2, 0.25) is 5.82 Å². The fourth-order valence-corrected chi connectivity index (χ4v) is 4.60. The number of hydrogen-bond donors (Lipinski definition) is 1. The Labute approximate surface area is 227 Å². The summed E-state index contributed by atoms with van der Waals surface area (Å²) < 4.78 is 13.4. The molecule has 1 N–H and O–H groups in total. The second-order valence-corrected chi connectivity index (χ2v) is 9.75. The zero-order valence-corrected chi connectivity index (χ0v) is 22.1. The number of carboxylic acids is 1. The Morgan fingerprint density at radius 1 is 1.16 bits per heavy atom. The van der Waals surface area contributed by atoms with Crippen molar-refractivity contribution in [3.8, 4) is 17.3 Å². The molecule has 186 valence electrons. The number of benzene rings is 3. The standard InChI is InChI=1S/C26H16BrCl2N3O5/c1-13(26(34)35)36-23-18(28)8-14(9-19(23)29)12-30-32-24(31-20-5-3-2-4-17(20)25(32)33)22-11-15-10-16(27)6-7-21(15)37-22/h2-13H,1H3,(H,34,35)/t13-/m0/s1. The van der Waals surface area contributed by atoms with Gasteiger partial charge in [0.05, 0.1) is 27.2 Å². The molecule has 0 amide bonds.